The van der Waals surface area contributed by atoms with Crippen LogP contribution in [0.2, 0.25) is 0 Å². The summed E-state index contributed by atoms with van der Waals surface area (Å²) in [4.78, 5) is 21.2. The van der Waals surface area contributed by atoms with Gasteiger partial charge in [0.1, 0.15) is 0 Å². The molecule has 140 valence electrons. The van der Waals surface area contributed by atoms with Crippen LogP contribution in [0.5, 0.6) is 0 Å². The molecule has 2 aromatic rings. The zero-order valence-corrected chi connectivity index (χ0v) is 15.9. The Kier molecular flexibility index (Phi) is 5.37. The van der Waals surface area contributed by atoms with E-state index in [1.54, 1.807) is 10.7 Å². The van der Waals surface area contributed by atoms with Crippen molar-refractivity contribution in [1.82, 2.24) is 29.7 Å². The molecule has 0 aliphatic carbocycles. The highest BCUT2D eigenvalue weighted by Gasteiger charge is 2.19. The first-order valence-corrected chi connectivity index (χ1v) is 10.2. The Hall–Kier alpha value is -1.71. The predicted octanol–water partition coefficient (Wildman–Crippen LogP) is 0.542. The SMILES string of the molecule is Cc1noc(CN2CCN(CCn3nc4c(cc3=O)CSCC4)CC2)n1. The number of rotatable bonds is 5. The molecule has 0 aromatic carbocycles. The number of nitrogens with zero attached hydrogens (tertiary/aromatic N) is 6. The average molecular weight is 376 g/mol. The summed E-state index contributed by atoms with van der Waals surface area (Å²) in [5, 5.41) is 8.43. The minimum Gasteiger partial charge on any atom is -0.338 e. The number of aryl methyl sites for hydroxylation is 2. The Morgan fingerprint density at radius 3 is 2.77 bits per heavy atom. The molecular formula is C17H24N6O2S. The molecule has 2 aromatic heterocycles. The first-order chi connectivity index (χ1) is 12.7. The van der Waals surface area contributed by atoms with Gasteiger partial charge in [-0.05, 0) is 18.2 Å². The summed E-state index contributed by atoms with van der Waals surface area (Å²) in [5.74, 6) is 3.37. The highest BCUT2D eigenvalue weighted by Crippen LogP contribution is 2.21. The largest absolute Gasteiger partial charge is 0.338 e. The predicted molar refractivity (Wildman–Crippen MR) is 99.1 cm³/mol. The summed E-state index contributed by atoms with van der Waals surface area (Å²) < 4.78 is 6.83. The maximum absolute atomic E-state index is 12.3. The van der Waals surface area contributed by atoms with Crippen molar-refractivity contribution in [3.8, 4) is 0 Å². The molecule has 4 rings (SSSR count). The highest BCUT2D eigenvalue weighted by atomic mass is 32.2. The van der Waals surface area contributed by atoms with Crippen LogP contribution in [-0.4, -0.2) is 68.2 Å². The Bertz CT molecular complexity index is 812. The maximum Gasteiger partial charge on any atom is 0.267 e. The second kappa shape index (κ2) is 7.89. The van der Waals surface area contributed by atoms with Crippen LogP contribution in [0.25, 0.3) is 0 Å². The van der Waals surface area contributed by atoms with Gasteiger partial charge in [-0.2, -0.15) is 21.8 Å². The van der Waals surface area contributed by atoms with Gasteiger partial charge in [0.15, 0.2) is 5.82 Å². The van der Waals surface area contributed by atoms with Crippen molar-refractivity contribution in [3.05, 3.63) is 39.4 Å². The first-order valence-electron chi connectivity index (χ1n) is 9.09. The maximum atomic E-state index is 12.3. The van der Waals surface area contributed by atoms with Crippen molar-refractivity contribution in [2.75, 3.05) is 38.5 Å². The van der Waals surface area contributed by atoms with E-state index in [0.717, 1.165) is 61.9 Å². The van der Waals surface area contributed by atoms with E-state index in [1.165, 1.54) is 0 Å². The lowest BCUT2D eigenvalue weighted by molar-refractivity contribution is 0.113. The van der Waals surface area contributed by atoms with Crippen molar-refractivity contribution in [2.45, 2.75) is 32.2 Å². The normalized spacial score (nSPS) is 18.8. The molecule has 0 unspecified atom stereocenters. The fraction of sp³-hybridized carbons (Fsp3) is 0.647. The molecule has 0 bridgehead atoms. The Morgan fingerprint density at radius 2 is 2.00 bits per heavy atom. The number of fused-ring (bicyclic) bond motifs is 1. The molecule has 2 aliphatic rings. The molecule has 26 heavy (non-hydrogen) atoms. The first kappa shape index (κ1) is 17.7. The van der Waals surface area contributed by atoms with Crippen LogP contribution in [0.4, 0.5) is 0 Å². The number of hydrogen-bond donors (Lipinski definition) is 0. The summed E-state index contributed by atoms with van der Waals surface area (Å²) in [7, 11) is 0. The van der Waals surface area contributed by atoms with Gasteiger partial charge in [0.25, 0.3) is 5.56 Å². The molecule has 9 heteroatoms. The van der Waals surface area contributed by atoms with Crippen LogP contribution >= 0.6 is 11.8 Å². The van der Waals surface area contributed by atoms with E-state index in [4.69, 9.17) is 4.52 Å². The van der Waals surface area contributed by atoms with Crippen LogP contribution in [0, 0.1) is 6.92 Å². The van der Waals surface area contributed by atoms with E-state index >= 15 is 0 Å². The van der Waals surface area contributed by atoms with E-state index in [0.29, 0.717) is 24.8 Å². The molecule has 4 heterocycles. The van der Waals surface area contributed by atoms with Gasteiger partial charge in [-0.25, -0.2) is 4.68 Å². The van der Waals surface area contributed by atoms with Crippen molar-refractivity contribution in [2.24, 2.45) is 0 Å². The number of piperazine rings is 1. The molecule has 2 aliphatic heterocycles. The topological polar surface area (TPSA) is 80.3 Å². The molecule has 0 saturated carbocycles. The summed E-state index contributed by atoms with van der Waals surface area (Å²) in [6.45, 7) is 7.93. The molecule has 0 radical (unpaired) electrons. The van der Waals surface area contributed by atoms with E-state index in [9.17, 15) is 4.79 Å². The lowest BCUT2D eigenvalue weighted by Gasteiger charge is -2.33. The van der Waals surface area contributed by atoms with E-state index in [-0.39, 0.29) is 5.56 Å². The molecule has 0 N–H and O–H groups in total. The Balaban J connectivity index is 1.28. The zero-order valence-electron chi connectivity index (χ0n) is 15.1. The molecule has 0 atom stereocenters. The third-order valence-electron chi connectivity index (χ3n) is 4.93. The number of thioether (sulfide) groups is 1. The molecule has 0 spiro atoms. The minimum atomic E-state index is 0.0247. The zero-order chi connectivity index (χ0) is 17.9. The van der Waals surface area contributed by atoms with Crippen LogP contribution in [-0.2, 0) is 25.3 Å². The van der Waals surface area contributed by atoms with Gasteiger partial charge in [-0.15, -0.1) is 0 Å². The summed E-state index contributed by atoms with van der Waals surface area (Å²) in [6.07, 6.45) is 0.966. The molecule has 1 fully saturated rings. The van der Waals surface area contributed by atoms with Gasteiger partial charge >= 0.3 is 0 Å². The van der Waals surface area contributed by atoms with E-state index < -0.39 is 0 Å². The minimum absolute atomic E-state index is 0.0247. The van der Waals surface area contributed by atoms with Crippen molar-refractivity contribution in [3.63, 3.8) is 0 Å². The second-order valence-corrected chi connectivity index (χ2v) is 7.94. The van der Waals surface area contributed by atoms with Gasteiger partial charge in [0.05, 0.1) is 18.8 Å². The standard InChI is InChI=1S/C17H24N6O2S/c1-13-18-16(25-20-13)11-22-5-3-21(4-6-22)7-8-23-17(24)10-14-12-26-9-2-15(14)19-23/h10H,2-9,11-12H2,1H3. The van der Waals surface area contributed by atoms with Crippen LogP contribution < -0.4 is 5.56 Å². The van der Waals surface area contributed by atoms with Crippen molar-refractivity contribution in [1.29, 1.82) is 0 Å². The van der Waals surface area contributed by atoms with Crippen molar-refractivity contribution >= 4 is 11.8 Å². The van der Waals surface area contributed by atoms with Gasteiger partial charge in [-0.1, -0.05) is 5.16 Å². The van der Waals surface area contributed by atoms with Gasteiger partial charge in [0, 0.05) is 51.0 Å². The third-order valence-corrected chi connectivity index (χ3v) is 5.93. The van der Waals surface area contributed by atoms with E-state index in [1.807, 2.05) is 18.7 Å². The monoisotopic (exact) mass is 376 g/mol. The highest BCUT2D eigenvalue weighted by molar-refractivity contribution is 7.98. The van der Waals surface area contributed by atoms with Gasteiger partial charge in [-0.3, -0.25) is 14.6 Å². The summed E-state index contributed by atoms with van der Waals surface area (Å²) in [6, 6.07) is 1.78. The molecule has 1 saturated heterocycles. The van der Waals surface area contributed by atoms with Gasteiger partial charge < -0.3 is 4.52 Å². The lowest BCUT2D eigenvalue weighted by Crippen LogP contribution is -2.47. The number of hydrogen-bond acceptors (Lipinski definition) is 8. The Labute approximate surface area is 156 Å². The second-order valence-electron chi connectivity index (χ2n) is 6.83. The fourth-order valence-corrected chi connectivity index (χ4v) is 4.37. The fourth-order valence-electron chi connectivity index (χ4n) is 3.42. The summed E-state index contributed by atoms with van der Waals surface area (Å²) >= 11 is 1.87. The lowest BCUT2D eigenvalue weighted by atomic mass is 10.2. The summed E-state index contributed by atoms with van der Waals surface area (Å²) in [5.41, 5.74) is 2.24. The van der Waals surface area contributed by atoms with Crippen molar-refractivity contribution < 1.29 is 4.52 Å². The van der Waals surface area contributed by atoms with Crippen LogP contribution in [0.15, 0.2) is 15.4 Å². The van der Waals surface area contributed by atoms with Crippen LogP contribution in [0.3, 0.4) is 0 Å². The molecule has 0 amide bonds. The third kappa shape index (κ3) is 4.16. The molecular weight excluding hydrogens is 352 g/mol. The number of aromatic nitrogens is 4. The average Bonchev–Trinajstić information content (AvgIpc) is 3.06. The smallest absolute Gasteiger partial charge is 0.267 e. The molecule has 8 nitrogen and oxygen atoms in total. The van der Waals surface area contributed by atoms with Gasteiger partial charge in [0.2, 0.25) is 5.89 Å². The quantitative estimate of drug-likeness (QED) is 0.748. The Morgan fingerprint density at radius 1 is 1.19 bits per heavy atom. The van der Waals surface area contributed by atoms with Crippen LogP contribution in [0.1, 0.15) is 23.0 Å². The van der Waals surface area contributed by atoms with E-state index in [2.05, 4.69) is 25.0 Å².